The first-order valence-corrected chi connectivity index (χ1v) is 8.28. The zero-order valence-corrected chi connectivity index (χ0v) is 14.3. The van der Waals surface area contributed by atoms with Crippen LogP contribution in [0.5, 0.6) is 0 Å². The summed E-state index contributed by atoms with van der Waals surface area (Å²) in [7, 11) is 0. The van der Waals surface area contributed by atoms with Crippen molar-refractivity contribution in [1.29, 1.82) is 0 Å². The highest BCUT2D eigenvalue weighted by molar-refractivity contribution is 5.67. The number of benzene rings is 3. The highest BCUT2D eigenvalue weighted by atomic mass is 16.5. The highest BCUT2D eigenvalue weighted by Gasteiger charge is 2.36. The molecule has 0 heterocycles. The molecule has 3 aromatic carbocycles. The van der Waals surface area contributed by atoms with Crippen LogP contribution >= 0.6 is 0 Å². The van der Waals surface area contributed by atoms with Crippen LogP contribution in [0, 0.1) is 0 Å². The lowest BCUT2D eigenvalue weighted by Gasteiger charge is -2.36. The van der Waals surface area contributed by atoms with Gasteiger partial charge >= 0.3 is 6.09 Å². The van der Waals surface area contributed by atoms with E-state index in [9.17, 15) is 4.79 Å². The van der Waals surface area contributed by atoms with E-state index in [4.69, 9.17) is 4.74 Å². The summed E-state index contributed by atoms with van der Waals surface area (Å²) in [5, 5.41) is 0. The molecule has 0 saturated heterocycles. The molecule has 0 aliphatic carbocycles. The van der Waals surface area contributed by atoms with Crippen LogP contribution in [0.15, 0.2) is 104 Å². The zero-order chi connectivity index (χ0) is 18.2. The molecule has 1 amide bonds. The van der Waals surface area contributed by atoms with Crippen molar-refractivity contribution in [2.45, 2.75) is 5.54 Å². The van der Waals surface area contributed by atoms with Crippen LogP contribution < -0.4 is 10.9 Å². The van der Waals surface area contributed by atoms with Gasteiger partial charge in [0.25, 0.3) is 0 Å². The third kappa shape index (κ3) is 3.50. The number of amides is 1. The quantitative estimate of drug-likeness (QED) is 0.397. The van der Waals surface area contributed by atoms with E-state index in [1.165, 1.54) is 0 Å². The molecular formula is C22H20N2O2. The molecule has 4 nitrogen and oxygen atoms in total. The van der Waals surface area contributed by atoms with E-state index >= 15 is 0 Å². The number of rotatable bonds is 6. The molecular weight excluding hydrogens is 324 g/mol. The third-order valence-corrected chi connectivity index (χ3v) is 4.16. The lowest BCUT2D eigenvalue weighted by Crippen LogP contribution is -2.53. The van der Waals surface area contributed by atoms with Crippen molar-refractivity contribution < 1.29 is 9.53 Å². The predicted octanol–water partition coefficient (Wildman–Crippen LogP) is 4.35. The molecule has 0 saturated carbocycles. The van der Waals surface area contributed by atoms with Crippen molar-refractivity contribution in [1.82, 2.24) is 10.9 Å². The molecule has 0 aliphatic rings. The van der Waals surface area contributed by atoms with Crippen LogP contribution in [0.1, 0.15) is 16.7 Å². The van der Waals surface area contributed by atoms with Crippen molar-refractivity contribution >= 4 is 6.09 Å². The lowest BCUT2D eigenvalue weighted by atomic mass is 9.77. The molecule has 0 bridgehead atoms. The maximum Gasteiger partial charge on any atom is 0.426 e. The van der Waals surface area contributed by atoms with E-state index in [2.05, 4.69) is 17.4 Å². The van der Waals surface area contributed by atoms with Crippen molar-refractivity contribution in [2.75, 3.05) is 0 Å². The first-order valence-electron chi connectivity index (χ1n) is 8.28. The number of nitrogens with one attached hydrogen (secondary N) is 2. The van der Waals surface area contributed by atoms with Gasteiger partial charge in [0.15, 0.2) is 0 Å². The minimum absolute atomic E-state index is 0.632. The Morgan fingerprint density at radius 2 is 1.15 bits per heavy atom. The molecule has 0 aliphatic heterocycles. The Labute approximate surface area is 153 Å². The Morgan fingerprint density at radius 1 is 0.769 bits per heavy atom. The fourth-order valence-electron chi connectivity index (χ4n) is 3.03. The molecule has 3 aromatic rings. The number of hydrazine groups is 1. The third-order valence-electron chi connectivity index (χ3n) is 4.16. The van der Waals surface area contributed by atoms with Crippen molar-refractivity contribution in [3.8, 4) is 0 Å². The normalized spacial score (nSPS) is 10.8. The molecule has 4 heteroatoms. The fourth-order valence-corrected chi connectivity index (χ4v) is 3.03. The number of hydrogen-bond acceptors (Lipinski definition) is 3. The second kappa shape index (κ2) is 8.14. The molecule has 0 fully saturated rings. The van der Waals surface area contributed by atoms with Crippen LogP contribution in [-0.4, -0.2) is 6.09 Å². The van der Waals surface area contributed by atoms with E-state index < -0.39 is 11.6 Å². The standard InChI is InChI=1S/C22H20N2O2/c1-2-26-21(25)23-24-22(18-12-6-3-7-13-18,19-14-8-4-9-15-19)20-16-10-5-11-17-20/h2-17,24H,1H2,(H,23,25). The Balaban J connectivity index is 2.17. The van der Waals surface area contributed by atoms with Gasteiger partial charge in [0.2, 0.25) is 0 Å². The molecule has 0 aromatic heterocycles. The maximum atomic E-state index is 11.9. The molecule has 26 heavy (non-hydrogen) atoms. The Morgan fingerprint density at radius 3 is 1.50 bits per heavy atom. The monoisotopic (exact) mass is 344 g/mol. The molecule has 0 atom stereocenters. The van der Waals surface area contributed by atoms with Gasteiger partial charge < -0.3 is 4.74 Å². The predicted molar refractivity (Wildman–Crippen MR) is 102 cm³/mol. The first kappa shape index (κ1) is 17.5. The average molecular weight is 344 g/mol. The van der Waals surface area contributed by atoms with Crippen LogP contribution in [0.3, 0.4) is 0 Å². The van der Waals surface area contributed by atoms with Crippen LogP contribution in [-0.2, 0) is 10.3 Å². The van der Waals surface area contributed by atoms with Crippen molar-refractivity contribution in [3.05, 3.63) is 121 Å². The second-order valence-corrected chi connectivity index (χ2v) is 5.67. The smallest absolute Gasteiger partial charge is 0.418 e. The van der Waals surface area contributed by atoms with Crippen LogP contribution in [0.4, 0.5) is 4.79 Å². The summed E-state index contributed by atoms with van der Waals surface area (Å²) in [5.74, 6) is 0. The van der Waals surface area contributed by atoms with Crippen LogP contribution in [0.2, 0.25) is 0 Å². The summed E-state index contributed by atoms with van der Waals surface area (Å²) in [6, 6.07) is 29.8. The minimum atomic E-state index is -0.788. The van der Waals surface area contributed by atoms with Gasteiger partial charge in [-0.3, -0.25) is 5.43 Å². The summed E-state index contributed by atoms with van der Waals surface area (Å²) in [5.41, 5.74) is 7.99. The SMILES string of the molecule is C=COC(=O)NNC(c1ccccc1)(c1ccccc1)c1ccccc1. The topological polar surface area (TPSA) is 50.4 Å². The molecule has 0 spiro atoms. The Hall–Kier alpha value is -3.37. The summed E-state index contributed by atoms with van der Waals surface area (Å²) in [6.45, 7) is 3.41. The van der Waals surface area contributed by atoms with Gasteiger partial charge in [0.1, 0.15) is 5.54 Å². The van der Waals surface area contributed by atoms with Gasteiger partial charge in [-0.1, -0.05) is 97.6 Å². The summed E-state index contributed by atoms with van der Waals surface area (Å²) in [4.78, 5) is 11.9. The van der Waals surface area contributed by atoms with Crippen molar-refractivity contribution in [2.24, 2.45) is 0 Å². The number of hydrogen-bond donors (Lipinski definition) is 2. The van der Waals surface area contributed by atoms with Gasteiger partial charge in [-0.2, -0.15) is 0 Å². The van der Waals surface area contributed by atoms with E-state index in [1.807, 2.05) is 91.0 Å². The van der Waals surface area contributed by atoms with Gasteiger partial charge in [-0.05, 0) is 16.7 Å². The largest absolute Gasteiger partial charge is 0.426 e. The number of carbonyl (C=O) groups is 1. The van der Waals surface area contributed by atoms with E-state index in [0.717, 1.165) is 23.0 Å². The number of carbonyl (C=O) groups excluding carboxylic acids is 1. The van der Waals surface area contributed by atoms with Crippen molar-refractivity contribution in [3.63, 3.8) is 0 Å². The Kier molecular flexibility index (Phi) is 5.46. The van der Waals surface area contributed by atoms with E-state index in [0.29, 0.717) is 0 Å². The summed E-state index contributed by atoms with van der Waals surface area (Å²) in [6.07, 6.45) is 0.457. The maximum absolute atomic E-state index is 11.9. The van der Waals surface area contributed by atoms with E-state index in [-0.39, 0.29) is 0 Å². The second-order valence-electron chi connectivity index (χ2n) is 5.67. The first-order chi connectivity index (χ1) is 12.8. The van der Waals surface area contributed by atoms with Crippen LogP contribution in [0.25, 0.3) is 0 Å². The minimum Gasteiger partial charge on any atom is -0.418 e. The van der Waals surface area contributed by atoms with Gasteiger partial charge in [-0.15, -0.1) is 0 Å². The molecule has 0 radical (unpaired) electrons. The summed E-state index contributed by atoms with van der Waals surface area (Å²) < 4.78 is 4.80. The molecule has 3 rings (SSSR count). The number of ether oxygens (including phenoxy) is 1. The highest BCUT2D eigenvalue weighted by Crippen LogP contribution is 2.36. The van der Waals surface area contributed by atoms with Gasteiger partial charge in [0.05, 0.1) is 6.26 Å². The fraction of sp³-hybridized carbons (Fsp3) is 0.0455. The molecule has 0 unspecified atom stereocenters. The lowest BCUT2D eigenvalue weighted by molar-refractivity contribution is 0.175. The molecule has 130 valence electrons. The molecule has 2 N–H and O–H groups in total. The Bertz CT molecular complexity index is 752. The summed E-state index contributed by atoms with van der Waals surface area (Å²) >= 11 is 0. The van der Waals surface area contributed by atoms with E-state index in [1.54, 1.807) is 0 Å². The zero-order valence-electron chi connectivity index (χ0n) is 14.3. The van der Waals surface area contributed by atoms with Gasteiger partial charge in [-0.25, -0.2) is 10.2 Å². The average Bonchev–Trinajstić information content (AvgIpc) is 2.71. The van der Waals surface area contributed by atoms with Gasteiger partial charge in [0, 0.05) is 0 Å².